The standard InChI is InChI=1S/C19H34N2O2/c22-18-20-16-14-12-10-8-6-4-2-1-3-5-7-9-11-13-15-17-21-19-23/h1-17H2. The minimum absolute atomic E-state index is 0.649. The summed E-state index contributed by atoms with van der Waals surface area (Å²) in [7, 11) is 0. The quantitative estimate of drug-likeness (QED) is 0.190. The second kappa shape index (κ2) is 20.8. The van der Waals surface area contributed by atoms with Crippen LogP contribution in [0.5, 0.6) is 0 Å². The SMILES string of the molecule is O=C=NCCCCCCCCCCCCCCCCCN=C=O. The number of aliphatic imine (C=N–C) groups is 2. The van der Waals surface area contributed by atoms with Crippen LogP contribution >= 0.6 is 0 Å². The van der Waals surface area contributed by atoms with Crippen molar-refractivity contribution in [2.45, 2.75) is 96.3 Å². The summed E-state index contributed by atoms with van der Waals surface area (Å²) >= 11 is 0. The van der Waals surface area contributed by atoms with Gasteiger partial charge in [0.2, 0.25) is 12.2 Å². The van der Waals surface area contributed by atoms with Crippen molar-refractivity contribution in [1.29, 1.82) is 0 Å². The fourth-order valence-electron chi connectivity index (χ4n) is 2.77. The Labute approximate surface area is 141 Å². The maximum atomic E-state index is 9.88. The third-order valence-electron chi connectivity index (χ3n) is 4.17. The van der Waals surface area contributed by atoms with Gasteiger partial charge in [-0.2, -0.15) is 0 Å². The first-order valence-electron chi connectivity index (χ1n) is 9.49. The van der Waals surface area contributed by atoms with E-state index in [-0.39, 0.29) is 0 Å². The molecule has 0 aliphatic rings. The molecule has 0 aromatic rings. The van der Waals surface area contributed by atoms with E-state index in [2.05, 4.69) is 9.98 Å². The van der Waals surface area contributed by atoms with Crippen molar-refractivity contribution in [2.24, 2.45) is 9.98 Å². The van der Waals surface area contributed by atoms with Gasteiger partial charge in [-0.05, 0) is 12.8 Å². The largest absolute Gasteiger partial charge is 0.234 e. The zero-order valence-electron chi connectivity index (χ0n) is 14.7. The Hall–Kier alpha value is -1.24. The van der Waals surface area contributed by atoms with Gasteiger partial charge in [-0.1, -0.05) is 83.5 Å². The molecular formula is C19H34N2O2. The van der Waals surface area contributed by atoms with Gasteiger partial charge >= 0.3 is 0 Å². The molecule has 0 radical (unpaired) electrons. The Kier molecular flexibility index (Phi) is 19.6. The van der Waals surface area contributed by atoms with Gasteiger partial charge in [0.1, 0.15) is 0 Å². The zero-order chi connectivity index (χ0) is 16.8. The molecule has 23 heavy (non-hydrogen) atoms. The predicted molar refractivity (Wildman–Crippen MR) is 95.2 cm³/mol. The smallest absolute Gasteiger partial charge is 0.211 e. The number of hydrogen-bond acceptors (Lipinski definition) is 4. The van der Waals surface area contributed by atoms with Gasteiger partial charge in [0, 0.05) is 0 Å². The minimum atomic E-state index is 0.649. The molecule has 4 heteroatoms. The van der Waals surface area contributed by atoms with Crippen molar-refractivity contribution in [3.8, 4) is 0 Å². The lowest BCUT2D eigenvalue weighted by atomic mass is 10.0. The van der Waals surface area contributed by atoms with Crippen LogP contribution in [-0.2, 0) is 9.59 Å². The first-order chi connectivity index (χ1) is 11.4. The molecule has 0 aromatic carbocycles. The van der Waals surface area contributed by atoms with Crippen LogP contribution in [0.15, 0.2) is 9.98 Å². The summed E-state index contributed by atoms with van der Waals surface area (Å²) in [5, 5.41) is 0. The third-order valence-corrected chi connectivity index (χ3v) is 4.17. The highest BCUT2D eigenvalue weighted by molar-refractivity contribution is 5.32. The second-order valence-electron chi connectivity index (χ2n) is 6.25. The number of hydrogen-bond donors (Lipinski definition) is 0. The topological polar surface area (TPSA) is 58.9 Å². The first-order valence-corrected chi connectivity index (χ1v) is 9.49. The van der Waals surface area contributed by atoms with Crippen molar-refractivity contribution < 1.29 is 9.59 Å². The summed E-state index contributed by atoms with van der Waals surface area (Å²) in [5.74, 6) is 0. The predicted octanol–water partition coefficient (Wildman–Crippen LogP) is 5.51. The molecule has 0 aliphatic carbocycles. The zero-order valence-corrected chi connectivity index (χ0v) is 14.7. The minimum Gasteiger partial charge on any atom is -0.211 e. The van der Waals surface area contributed by atoms with Crippen LogP contribution in [0, 0.1) is 0 Å². The summed E-state index contributed by atoms with van der Waals surface area (Å²) in [4.78, 5) is 26.9. The highest BCUT2D eigenvalue weighted by atomic mass is 16.1. The van der Waals surface area contributed by atoms with E-state index in [1.54, 1.807) is 12.2 Å². The molecule has 0 amide bonds. The van der Waals surface area contributed by atoms with Crippen molar-refractivity contribution in [1.82, 2.24) is 0 Å². The summed E-state index contributed by atoms with van der Waals surface area (Å²) in [6.07, 6.45) is 22.3. The Morgan fingerprint density at radius 3 is 0.826 bits per heavy atom. The molecule has 0 spiro atoms. The van der Waals surface area contributed by atoms with Crippen LogP contribution in [0.25, 0.3) is 0 Å². The Morgan fingerprint density at radius 1 is 0.391 bits per heavy atom. The Morgan fingerprint density at radius 2 is 0.609 bits per heavy atom. The molecule has 0 fully saturated rings. The molecule has 0 atom stereocenters. The molecule has 4 nitrogen and oxygen atoms in total. The van der Waals surface area contributed by atoms with Crippen LogP contribution in [0.3, 0.4) is 0 Å². The Bertz CT molecular complexity index is 300. The van der Waals surface area contributed by atoms with E-state index in [4.69, 9.17) is 0 Å². The highest BCUT2D eigenvalue weighted by Crippen LogP contribution is 2.13. The van der Waals surface area contributed by atoms with Gasteiger partial charge in [-0.15, -0.1) is 0 Å². The van der Waals surface area contributed by atoms with E-state index in [0.29, 0.717) is 13.1 Å². The fraction of sp³-hybridized carbons (Fsp3) is 0.895. The van der Waals surface area contributed by atoms with E-state index in [1.807, 2.05) is 0 Å². The molecule has 0 saturated carbocycles. The van der Waals surface area contributed by atoms with Gasteiger partial charge in [-0.25, -0.2) is 19.6 Å². The molecule has 0 N–H and O–H groups in total. The molecule has 0 aromatic heterocycles. The maximum Gasteiger partial charge on any atom is 0.234 e. The molecule has 0 bridgehead atoms. The normalized spacial score (nSPS) is 10.1. The van der Waals surface area contributed by atoms with Crippen LogP contribution in [0.4, 0.5) is 0 Å². The lowest BCUT2D eigenvalue weighted by molar-refractivity contribution is 0.530. The van der Waals surface area contributed by atoms with E-state index in [1.165, 1.54) is 83.5 Å². The maximum absolute atomic E-state index is 9.88. The number of nitrogens with zero attached hydrogens (tertiary/aromatic N) is 2. The monoisotopic (exact) mass is 322 g/mol. The number of rotatable bonds is 18. The van der Waals surface area contributed by atoms with Crippen molar-refractivity contribution in [3.05, 3.63) is 0 Å². The summed E-state index contributed by atoms with van der Waals surface area (Å²) in [5.41, 5.74) is 0. The average Bonchev–Trinajstić information content (AvgIpc) is 2.57. The van der Waals surface area contributed by atoms with E-state index in [0.717, 1.165) is 12.8 Å². The average molecular weight is 322 g/mol. The van der Waals surface area contributed by atoms with Gasteiger partial charge in [0.15, 0.2) is 0 Å². The van der Waals surface area contributed by atoms with Gasteiger partial charge < -0.3 is 0 Å². The molecular weight excluding hydrogens is 288 g/mol. The van der Waals surface area contributed by atoms with Crippen LogP contribution in [-0.4, -0.2) is 25.2 Å². The number of unbranched alkanes of at least 4 members (excludes halogenated alkanes) is 14. The van der Waals surface area contributed by atoms with E-state index in [9.17, 15) is 9.59 Å². The van der Waals surface area contributed by atoms with Crippen LogP contribution < -0.4 is 0 Å². The van der Waals surface area contributed by atoms with E-state index < -0.39 is 0 Å². The summed E-state index contributed by atoms with van der Waals surface area (Å²) in [6.45, 7) is 1.30. The molecule has 0 aliphatic heterocycles. The number of isocyanates is 2. The Balaban J connectivity index is 2.99. The van der Waals surface area contributed by atoms with E-state index >= 15 is 0 Å². The lowest BCUT2D eigenvalue weighted by Gasteiger charge is -2.03. The van der Waals surface area contributed by atoms with Gasteiger partial charge in [-0.3, -0.25) is 0 Å². The first kappa shape index (κ1) is 21.8. The highest BCUT2D eigenvalue weighted by Gasteiger charge is 1.94. The number of carbonyl (C=O) groups excluding carboxylic acids is 2. The fourth-order valence-corrected chi connectivity index (χ4v) is 2.77. The molecule has 0 rings (SSSR count). The van der Waals surface area contributed by atoms with Gasteiger partial charge in [0.25, 0.3) is 0 Å². The molecule has 0 saturated heterocycles. The molecule has 0 unspecified atom stereocenters. The van der Waals surface area contributed by atoms with Crippen molar-refractivity contribution in [3.63, 3.8) is 0 Å². The second-order valence-corrected chi connectivity index (χ2v) is 6.25. The van der Waals surface area contributed by atoms with Crippen LogP contribution in [0.2, 0.25) is 0 Å². The van der Waals surface area contributed by atoms with Crippen molar-refractivity contribution in [2.75, 3.05) is 13.1 Å². The van der Waals surface area contributed by atoms with Gasteiger partial charge in [0.05, 0.1) is 13.1 Å². The summed E-state index contributed by atoms with van der Waals surface area (Å²) < 4.78 is 0. The summed E-state index contributed by atoms with van der Waals surface area (Å²) in [6, 6.07) is 0. The third kappa shape index (κ3) is 20.8. The van der Waals surface area contributed by atoms with Crippen LogP contribution in [0.1, 0.15) is 96.3 Å². The lowest BCUT2D eigenvalue weighted by Crippen LogP contribution is -1.85. The molecule has 0 heterocycles. The van der Waals surface area contributed by atoms with Crippen molar-refractivity contribution >= 4 is 12.2 Å². The molecule has 132 valence electrons.